The fraction of sp³-hybridized carbons (Fsp3) is 1.00. The van der Waals surface area contributed by atoms with Crippen molar-refractivity contribution in [3.05, 3.63) is 0 Å². The standard InChI is InChI=1S/C10H22N2O3S/c1-12(2)8-10(13)7-11-9-3-5-16(14,15)6-4-9/h9-11,13H,3-8H2,1-2H3. The van der Waals surface area contributed by atoms with E-state index in [4.69, 9.17) is 0 Å². The molecule has 0 bridgehead atoms. The van der Waals surface area contributed by atoms with E-state index in [9.17, 15) is 13.5 Å². The molecule has 0 aromatic carbocycles. The average molecular weight is 250 g/mol. The molecule has 1 heterocycles. The van der Waals surface area contributed by atoms with Crippen molar-refractivity contribution in [1.29, 1.82) is 0 Å². The van der Waals surface area contributed by atoms with Gasteiger partial charge in [-0.1, -0.05) is 0 Å². The van der Waals surface area contributed by atoms with Crippen LogP contribution in [0, 0.1) is 0 Å². The van der Waals surface area contributed by atoms with Gasteiger partial charge < -0.3 is 15.3 Å². The van der Waals surface area contributed by atoms with Crippen LogP contribution in [0.3, 0.4) is 0 Å². The number of hydrogen-bond acceptors (Lipinski definition) is 5. The van der Waals surface area contributed by atoms with Crippen LogP contribution in [0.1, 0.15) is 12.8 Å². The van der Waals surface area contributed by atoms with Gasteiger partial charge in [0, 0.05) is 19.1 Å². The molecule has 0 aromatic heterocycles. The predicted molar refractivity (Wildman–Crippen MR) is 64.2 cm³/mol. The number of hydrogen-bond donors (Lipinski definition) is 2. The van der Waals surface area contributed by atoms with Gasteiger partial charge in [-0.15, -0.1) is 0 Å². The minimum absolute atomic E-state index is 0.236. The van der Waals surface area contributed by atoms with Gasteiger partial charge in [0.25, 0.3) is 0 Å². The lowest BCUT2D eigenvalue weighted by molar-refractivity contribution is 0.131. The van der Waals surface area contributed by atoms with Crippen LogP contribution >= 0.6 is 0 Å². The fourth-order valence-corrected chi connectivity index (χ4v) is 3.37. The van der Waals surface area contributed by atoms with Crippen LogP contribution in [0.15, 0.2) is 0 Å². The van der Waals surface area contributed by atoms with E-state index in [0.29, 0.717) is 25.9 Å². The summed E-state index contributed by atoms with van der Waals surface area (Å²) in [6.45, 7) is 1.15. The molecule has 0 amide bonds. The lowest BCUT2D eigenvalue weighted by Gasteiger charge is -2.25. The van der Waals surface area contributed by atoms with Crippen LogP contribution in [0.2, 0.25) is 0 Å². The zero-order valence-corrected chi connectivity index (χ0v) is 10.8. The van der Waals surface area contributed by atoms with Crippen molar-refractivity contribution in [2.24, 2.45) is 0 Å². The summed E-state index contributed by atoms with van der Waals surface area (Å²) in [6, 6.07) is 0.236. The van der Waals surface area contributed by atoms with E-state index in [1.165, 1.54) is 0 Å². The predicted octanol–water partition coefficient (Wildman–Crippen LogP) is -0.924. The number of likely N-dealkylation sites (N-methyl/N-ethyl adjacent to an activating group) is 1. The Labute approximate surface area is 97.7 Å². The highest BCUT2D eigenvalue weighted by atomic mass is 32.2. The highest BCUT2D eigenvalue weighted by Crippen LogP contribution is 2.11. The molecule has 16 heavy (non-hydrogen) atoms. The number of aliphatic hydroxyl groups excluding tert-OH is 1. The quantitative estimate of drug-likeness (QED) is 0.660. The summed E-state index contributed by atoms with van der Waals surface area (Å²) in [5, 5.41) is 12.9. The van der Waals surface area contributed by atoms with Gasteiger partial charge in [-0.3, -0.25) is 0 Å². The van der Waals surface area contributed by atoms with Crippen molar-refractivity contribution >= 4 is 9.84 Å². The zero-order chi connectivity index (χ0) is 12.2. The smallest absolute Gasteiger partial charge is 0.150 e. The van der Waals surface area contributed by atoms with Crippen molar-refractivity contribution in [3.63, 3.8) is 0 Å². The molecule has 0 spiro atoms. The molecule has 0 radical (unpaired) electrons. The van der Waals surface area contributed by atoms with Gasteiger partial charge in [-0.25, -0.2) is 8.42 Å². The molecule has 1 saturated heterocycles. The molecule has 0 aromatic rings. The molecule has 0 aliphatic carbocycles. The number of sulfone groups is 1. The molecule has 2 N–H and O–H groups in total. The lowest BCUT2D eigenvalue weighted by Crippen LogP contribution is -2.43. The van der Waals surface area contributed by atoms with Crippen molar-refractivity contribution in [1.82, 2.24) is 10.2 Å². The summed E-state index contributed by atoms with van der Waals surface area (Å²) in [6.07, 6.45) is 0.933. The Morgan fingerprint density at radius 3 is 2.44 bits per heavy atom. The molecular weight excluding hydrogens is 228 g/mol. The van der Waals surface area contributed by atoms with E-state index >= 15 is 0 Å². The Hall–Kier alpha value is -0.170. The summed E-state index contributed by atoms with van der Waals surface area (Å²) < 4.78 is 22.4. The van der Waals surface area contributed by atoms with E-state index in [1.54, 1.807) is 0 Å². The second kappa shape index (κ2) is 5.95. The first-order valence-corrected chi connectivity index (χ1v) is 7.48. The summed E-state index contributed by atoms with van der Waals surface area (Å²) in [7, 11) is 1.04. The highest BCUT2D eigenvalue weighted by molar-refractivity contribution is 7.91. The van der Waals surface area contributed by atoms with E-state index in [2.05, 4.69) is 5.32 Å². The Kier molecular flexibility index (Phi) is 5.17. The van der Waals surface area contributed by atoms with E-state index in [-0.39, 0.29) is 17.5 Å². The number of aliphatic hydroxyl groups is 1. The average Bonchev–Trinajstić information content (AvgIpc) is 2.15. The van der Waals surface area contributed by atoms with Gasteiger partial charge in [-0.2, -0.15) is 0 Å². The summed E-state index contributed by atoms with van der Waals surface area (Å²) in [5.41, 5.74) is 0. The monoisotopic (exact) mass is 250 g/mol. The van der Waals surface area contributed by atoms with Crippen molar-refractivity contribution in [3.8, 4) is 0 Å². The molecule has 1 fully saturated rings. The third kappa shape index (κ3) is 5.25. The third-order valence-electron chi connectivity index (χ3n) is 2.77. The van der Waals surface area contributed by atoms with Gasteiger partial charge in [-0.05, 0) is 26.9 Å². The van der Waals surface area contributed by atoms with Gasteiger partial charge in [0.1, 0.15) is 9.84 Å². The van der Waals surface area contributed by atoms with Crippen LogP contribution in [0.25, 0.3) is 0 Å². The SMILES string of the molecule is CN(C)CC(O)CNC1CCS(=O)(=O)CC1. The maximum atomic E-state index is 11.2. The molecule has 0 saturated carbocycles. The molecule has 5 nitrogen and oxygen atoms in total. The van der Waals surface area contributed by atoms with Crippen molar-refractivity contribution in [2.45, 2.75) is 25.0 Å². The maximum absolute atomic E-state index is 11.2. The lowest BCUT2D eigenvalue weighted by atomic mass is 10.1. The highest BCUT2D eigenvalue weighted by Gasteiger charge is 2.23. The number of rotatable bonds is 5. The minimum Gasteiger partial charge on any atom is -0.390 e. The summed E-state index contributed by atoms with van der Waals surface area (Å²) in [5.74, 6) is 0.545. The molecular formula is C10H22N2O3S. The first-order valence-electron chi connectivity index (χ1n) is 5.65. The number of nitrogens with one attached hydrogen (secondary N) is 1. The maximum Gasteiger partial charge on any atom is 0.150 e. The topological polar surface area (TPSA) is 69.6 Å². The molecule has 96 valence electrons. The summed E-state index contributed by atoms with van der Waals surface area (Å²) >= 11 is 0. The van der Waals surface area contributed by atoms with Crippen LogP contribution in [-0.2, 0) is 9.84 Å². The number of nitrogens with zero attached hydrogens (tertiary/aromatic N) is 1. The Morgan fingerprint density at radius 1 is 1.38 bits per heavy atom. The second-order valence-corrected chi connectivity index (χ2v) is 7.05. The first kappa shape index (κ1) is 13.9. The van der Waals surface area contributed by atoms with Gasteiger partial charge in [0.05, 0.1) is 17.6 Å². The Bertz CT molecular complexity index is 289. The zero-order valence-electron chi connectivity index (χ0n) is 10.0. The largest absolute Gasteiger partial charge is 0.390 e. The summed E-state index contributed by atoms with van der Waals surface area (Å²) in [4.78, 5) is 1.93. The van der Waals surface area contributed by atoms with E-state index < -0.39 is 15.9 Å². The second-order valence-electron chi connectivity index (χ2n) is 4.75. The third-order valence-corrected chi connectivity index (χ3v) is 4.49. The molecule has 1 rings (SSSR count). The first-order chi connectivity index (χ1) is 7.39. The van der Waals surface area contributed by atoms with Crippen LogP contribution in [0.5, 0.6) is 0 Å². The van der Waals surface area contributed by atoms with Crippen LogP contribution < -0.4 is 5.32 Å². The van der Waals surface area contributed by atoms with Crippen LogP contribution in [-0.4, -0.2) is 69.3 Å². The van der Waals surface area contributed by atoms with Gasteiger partial charge in [0.15, 0.2) is 0 Å². The fourth-order valence-electron chi connectivity index (χ4n) is 1.88. The Balaban J connectivity index is 2.20. The van der Waals surface area contributed by atoms with E-state index in [1.807, 2.05) is 19.0 Å². The van der Waals surface area contributed by atoms with Crippen molar-refractivity contribution < 1.29 is 13.5 Å². The molecule has 1 aliphatic heterocycles. The molecule has 6 heteroatoms. The van der Waals surface area contributed by atoms with Gasteiger partial charge >= 0.3 is 0 Å². The van der Waals surface area contributed by atoms with Crippen molar-refractivity contribution in [2.75, 3.05) is 38.7 Å². The van der Waals surface area contributed by atoms with E-state index in [0.717, 1.165) is 0 Å². The molecule has 1 atom stereocenters. The van der Waals surface area contributed by atoms with Gasteiger partial charge in [0.2, 0.25) is 0 Å². The normalized spacial score (nSPS) is 23.5. The van der Waals surface area contributed by atoms with Crippen LogP contribution in [0.4, 0.5) is 0 Å². The molecule has 1 unspecified atom stereocenters. The Morgan fingerprint density at radius 2 is 1.94 bits per heavy atom. The molecule has 1 aliphatic rings. The minimum atomic E-state index is -2.78.